The molecule has 88 valence electrons. The van der Waals surface area contributed by atoms with E-state index in [4.69, 9.17) is 5.11 Å². The van der Waals surface area contributed by atoms with E-state index in [9.17, 15) is 13.8 Å². The lowest BCUT2D eigenvalue weighted by Crippen LogP contribution is -2.41. The molecule has 0 aromatic rings. The number of hydrogen-bond donors (Lipinski definition) is 2. The Morgan fingerprint density at radius 1 is 1.53 bits per heavy atom. The maximum Gasteiger partial charge on any atom is 0.405 e. The van der Waals surface area contributed by atoms with E-state index in [-0.39, 0.29) is 12.2 Å². The van der Waals surface area contributed by atoms with Crippen molar-refractivity contribution in [3.63, 3.8) is 0 Å². The van der Waals surface area contributed by atoms with E-state index >= 15 is 0 Å². The smallest absolute Gasteiger partial charge is 0.405 e. The number of nitrogens with one attached hydrogen (secondary N) is 1. The van der Waals surface area contributed by atoms with Crippen LogP contribution < -0.4 is 5.32 Å². The predicted octanol–water partition coefficient (Wildman–Crippen LogP) is -0.0457. The van der Waals surface area contributed by atoms with E-state index in [1.54, 1.807) is 6.92 Å². The number of hydrogen-bond acceptors (Lipinski definition) is 4. The highest BCUT2D eigenvalue weighted by Crippen LogP contribution is 1.98. The fourth-order valence-corrected chi connectivity index (χ4v) is 1.72. The molecule has 0 saturated heterocycles. The molecule has 1 amide bonds. The highest BCUT2D eigenvalue weighted by atomic mass is 32.2. The second-order valence-electron chi connectivity index (χ2n) is 2.75. The molecular formula is C8H15NO5S. The van der Waals surface area contributed by atoms with Gasteiger partial charge in [0.1, 0.15) is 6.04 Å². The molecule has 0 saturated carbocycles. The van der Waals surface area contributed by atoms with Crippen molar-refractivity contribution in [2.75, 3.05) is 18.6 Å². The van der Waals surface area contributed by atoms with Gasteiger partial charge in [-0.05, 0) is 6.42 Å². The summed E-state index contributed by atoms with van der Waals surface area (Å²) in [5, 5.41) is 10.5. The lowest BCUT2D eigenvalue weighted by atomic mass is 10.2. The van der Waals surface area contributed by atoms with Crippen molar-refractivity contribution < 1.29 is 23.6 Å². The van der Waals surface area contributed by atoms with E-state index in [0.29, 0.717) is 5.75 Å². The minimum absolute atomic E-state index is 0.180. The van der Waals surface area contributed by atoms with Gasteiger partial charge in [0.25, 0.3) is 0 Å². The first-order chi connectivity index (χ1) is 7.01. The third kappa shape index (κ3) is 6.05. The van der Waals surface area contributed by atoms with Gasteiger partial charge in [-0.3, -0.25) is 4.21 Å². The highest BCUT2D eigenvalue weighted by molar-refractivity contribution is 7.84. The summed E-state index contributed by atoms with van der Waals surface area (Å²) in [6, 6.07) is -0.942. The Hall–Kier alpha value is -1.11. The normalized spacial score (nSPS) is 14.0. The van der Waals surface area contributed by atoms with Gasteiger partial charge in [-0.2, -0.15) is 0 Å². The van der Waals surface area contributed by atoms with Gasteiger partial charge in [-0.25, -0.2) is 9.59 Å². The summed E-state index contributed by atoms with van der Waals surface area (Å²) in [6.45, 7) is 1.76. The third-order valence-electron chi connectivity index (χ3n) is 1.74. The van der Waals surface area contributed by atoms with Crippen LogP contribution in [0.1, 0.15) is 13.3 Å². The minimum Gasteiger partial charge on any atom is -0.467 e. The number of rotatable bonds is 6. The number of carboxylic acid groups (broad SMARTS) is 1. The quantitative estimate of drug-likeness (QED) is 0.632. The Morgan fingerprint density at radius 2 is 2.13 bits per heavy atom. The lowest BCUT2D eigenvalue weighted by molar-refractivity contribution is -0.143. The van der Waals surface area contributed by atoms with Crippen LogP contribution in [0, 0.1) is 0 Å². The third-order valence-corrected chi connectivity index (χ3v) is 3.07. The maximum absolute atomic E-state index is 11.1. The molecule has 0 fully saturated rings. The average molecular weight is 237 g/mol. The van der Waals surface area contributed by atoms with Crippen molar-refractivity contribution in [2.45, 2.75) is 19.4 Å². The topological polar surface area (TPSA) is 92.7 Å². The first-order valence-corrected chi connectivity index (χ1v) is 5.92. The average Bonchev–Trinajstić information content (AvgIpc) is 2.21. The summed E-state index contributed by atoms with van der Waals surface area (Å²) in [4.78, 5) is 21.5. The van der Waals surface area contributed by atoms with Crippen LogP contribution in [0.5, 0.6) is 0 Å². The van der Waals surface area contributed by atoms with Gasteiger partial charge in [-0.15, -0.1) is 0 Å². The number of ether oxygens (including phenoxy) is 1. The zero-order chi connectivity index (χ0) is 11.8. The largest absolute Gasteiger partial charge is 0.467 e. The second-order valence-corrected chi connectivity index (χ2v) is 4.61. The van der Waals surface area contributed by atoms with Crippen molar-refractivity contribution in [1.82, 2.24) is 5.32 Å². The molecule has 0 bridgehead atoms. The van der Waals surface area contributed by atoms with Crippen LogP contribution in [0.4, 0.5) is 4.79 Å². The Kier molecular flexibility index (Phi) is 6.68. The minimum atomic E-state index is -1.30. The van der Waals surface area contributed by atoms with Crippen LogP contribution >= 0.6 is 0 Å². The maximum atomic E-state index is 11.1. The first-order valence-electron chi connectivity index (χ1n) is 4.43. The number of carbonyl (C=O) groups is 2. The van der Waals surface area contributed by atoms with Crippen LogP contribution in [0.2, 0.25) is 0 Å². The molecule has 0 aromatic heterocycles. The Morgan fingerprint density at radius 3 is 2.53 bits per heavy atom. The summed E-state index contributed by atoms with van der Waals surface area (Å²) in [7, 11) is 0.155. The van der Waals surface area contributed by atoms with Crippen molar-refractivity contribution in [1.29, 1.82) is 0 Å². The molecule has 0 radical (unpaired) electrons. The molecule has 0 aliphatic heterocycles. The second kappa shape index (κ2) is 7.22. The summed E-state index contributed by atoms with van der Waals surface area (Å²) in [6.07, 6.45) is -1.12. The van der Waals surface area contributed by atoms with E-state index in [1.165, 1.54) is 7.11 Å². The SMILES string of the molecule is CCS(=O)CC[C@H](NC(=O)O)C(=O)OC. The number of carbonyl (C=O) groups excluding carboxylic acids is 1. The zero-order valence-electron chi connectivity index (χ0n) is 8.69. The van der Waals surface area contributed by atoms with Crippen LogP contribution in [0.3, 0.4) is 0 Å². The molecule has 2 atom stereocenters. The monoisotopic (exact) mass is 237 g/mol. The summed E-state index contributed by atoms with van der Waals surface area (Å²) >= 11 is 0. The van der Waals surface area contributed by atoms with Crippen molar-refractivity contribution in [3.8, 4) is 0 Å². The Balaban J connectivity index is 4.18. The summed E-state index contributed by atoms with van der Waals surface area (Å²) in [5.41, 5.74) is 0. The molecule has 0 aromatic carbocycles. The van der Waals surface area contributed by atoms with Gasteiger partial charge in [0.15, 0.2) is 0 Å². The van der Waals surface area contributed by atoms with Crippen molar-refractivity contribution in [3.05, 3.63) is 0 Å². The molecule has 6 nitrogen and oxygen atoms in total. The first kappa shape index (κ1) is 13.9. The van der Waals surface area contributed by atoms with Gasteiger partial charge >= 0.3 is 12.1 Å². The Bertz CT molecular complexity index is 255. The molecule has 0 heterocycles. The highest BCUT2D eigenvalue weighted by Gasteiger charge is 2.21. The van der Waals surface area contributed by atoms with Crippen LogP contribution in [-0.2, 0) is 20.3 Å². The van der Waals surface area contributed by atoms with Gasteiger partial charge in [0.2, 0.25) is 0 Å². The van der Waals surface area contributed by atoms with E-state index in [0.717, 1.165) is 0 Å². The van der Waals surface area contributed by atoms with Crippen molar-refractivity contribution in [2.24, 2.45) is 0 Å². The molecule has 0 aliphatic carbocycles. The molecule has 2 N–H and O–H groups in total. The number of esters is 1. The molecule has 7 heteroatoms. The summed E-state index contributed by atoms with van der Waals surface area (Å²) in [5.74, 6) is 0.0998. The fraction of sp³-hybridized carbons (Fsp3) is 0.750. The number of methoxy groups -OCH3 is 1. The van der Waals surface area contributed by atoms with E-state index in [2.05, 4.69) is 4.74 Å². The van der Waals surface area contributed by atoms with Crippen molar-refractivity contribution >= 4 is 22.9 Å². The molecular weight excluding hydrogens is 222 g/mol. The molecule has 1 unspecified atom stereocenters. The van der Waals surface area contributed by atoms with Gasteiger partial charge < -0.3 is 15.2 Å². The number of amides is 1. The lowest BCUT2D eigenvalue weighted by Gasteiger charge is -2.13. The fourth-order valence-electron chi connectivity index (χ4n) is 0.934. The summed E-state index contributed by atoms with van der Waals surface area (Å²) < 4.78 is 15.5. The van der Waals surface area contributed by atoms with E-state index < -0.39 is 28.9 Å². The standard InChI is InChI=1S/C8H15NO5S/c1-3-15(13)5-4-6(7(10)14-2)9-8(11)12/h6,9H,3-5H2,1-2H3,(H,11,12)/t6-,15?/m0/s1. The molecule has 0 spiro atoms. The zero-order valence-corrected chi connectivity index (χ0v) is 9.50. The van der Waals surface area contributed by atoms with E-state index in [1.807, 2.05) is 5.32 Å². The van der Waals surface area contributed by atoms with Crippen LogP contribution in [0.15, 0.2) is 0 Å². The Labute approximate surface area is 90.4 Å². The van der Waals surface area contributed by atoms with Gasteiger partial charge in [0, 0.05) is 22.3 Å². The predicted molar refractivity (Wildman–Crippen MR) is 55.1 cm³/mol. The molecule has 15 heavy (non-hydrogen) atoms. The van der Waals surface area contributed by atoms with Crippen LogP contribution in [0.25, 0.3) is 0 Å². The molecule has 0 aliphatic rings. The van der Waals surface area contributed by atoms with Crippen LogP contribution in [-0.4, -0.2) is 46.0 Å². The van der Waals surface area contributed by atoms with Gasteiger partial charge in [-0.1, -0.05) is 6.92 Å². The van der Waals surface area contributed by atoms with Gasteiger partial charge in [0.05, 0.1) is 7.11 Å². The molecule has 0 rings (SSSR count).